The lowest BCUT2D eigenvalue weighted by atomic mass is 9.95. The van der Waals surface area contributed by atoms with Crippen LogP contribution < -0.4 is 5.32 Å². The predicted octanol–water partition coefficient (Wildman–Crippen LogP) is 1.81. The maximum Gasteiger partial charge on any atom is 0.0381 e. The zero-order valence-corrected chi connectivity index (χ0v) is 8.23. The lowest BCUT2D eigenvalue weighted by Gasteiger charge is -2.24. The van der Waals surface area contributed by atoms with Crippen LogP contribution in [-0.2, 0) is 0 Å². The van der Waals surface area contributed by atoms with Crippen LogP contribution >= 0.6 is 22.6 Å². The molecule has 1 aliphatic heterocycles. The molecule has 54 valence electrons. The van der Waals surface area contributed by atoms with Gasteiger partial charge in [0, 0.05) is 9.97 Å². The van der Waals surface area contributed by atoms with E-state index >= 15 is 0 Å². The fraction of sp³-hybridized carbons (Fsp3) is 1.00. The minimum Gasteiger partial charge on any atom is -0.315 e. The largest absolute Gasteiger partial charge is 0.315 e. The summed E-state index contributed by atoms with van der Waals surface area (Å²) in [5.74, 6) is 0.813. The molecule has 0 saturated carbocycles. The molecule has 1 heterocycles. The Morgan fingerprint density at radius 3 is 2.44 bits per heavy atom. The topological polar surface area (TPSA) is 12.0 Å². The second-order valence-corrected chi connectivity index (χ2v) is 5.26. The van der Waals surface area contributed by atoms with E-state index in [-0.39, 0.29) is 0 Å². The molecule has 0 radical (unpaired) electrons. The molecule has 1 aliphatic rings. The Morgan fingerprint density at radius 1 is 1.56 bits per heavy atom. The fourth-order valence-corrected chi connectivity index (χ4v) is 1.71. The van der Waals surface area contributed by atoms with Crippen molar-refractivity contribution in [3.63, 3.8) is 0 Å². The van der Waals surface area contributed by atoms with Crippen LogP contribution in [0.3, 0.4) is 0 Å². The lowest BCUT2D eigenvalue weighted by Crippen LogP contribution is -2.29. The molecule has 1 saturated heterocycles. The van der Waals surface area contributed by atoms with E-state index in [4.69, 9.17) is 0 Å². The van der Waals surface area contributed by atoms with Crippen molar-refractivity contribution >= 4 is 22.6 Å². The summed E-state index contributed by atoms with van der Waals surface area (Å²) in [7, 11) is 0. The predicted molar refractivity (Wildman–Crippen MR) is 49.1 cm³/mol. The number of alkyl halides is 1. The molecule has 0 aliphatic carbocycles. The summed E-state index contributed by atoms with van der Waals surface area (Å²) in [4.78, 5) is 0. The standard InChI is InChI=1S/C7H14IN/c1-6(2)7(8)3-4-9-5-7/h6,9H,3-5H2,1-2H3. The van der Waals surface area contributed by atoms with Gasteiger partial charge in [-0.05, 0) is 18.9 Å². The van der Waals surface area contributed by atoms with Crippen molar-refractivity contribution in [2.75, 3.05) is 13.1 Å². The zero-order chi connectivity index (χ0) is 6.91. The Labute approximate surface area is 70.7 Å². The third-order valence-corrected chi connectivity index (χ3v) is 4.34. The summed E-state index contributed by atoms with van der Waals surface area (Å²) in [5, 5.41) is 3.39. The van der Waals surface area contributed by atoms with Gasteiger partial charge in [-0.25, -0.2) is 0 Å². The minimum absolute atomic E-state index is 0.553. The van der Waals surface area contributed by atoms with E-state index in [9.17, 15) is 0 Å². The highest BCUT2D eigenvalue weighted by atomic mass is 127. The lowest BCUT2D eigenvalue weighted by molar-refractivity contribution is 0.490. The van der Waals surface area contributed by atoms with E-state index in [0.29, 0.717) is 3.42 Å². The van der Waals surface area contributed by atoms with Crippen molar-refractivity contribution < 1.29 is 0 Å². The van der Waals surface area contributed by atoms with E-state index in [1.54, 1.807) is 0 Å². The van der Waals surface area contributed by atoms with Crippen LogP contribution in [0.1, 0.15) is 20.3 Å². The van der Waals surface area contributed by atoms with E-state index in [1.807, 2.05) is 0 Å². The summed E-state index contributed by atoms with van der Waals surface area (Å²) < 4.78 is 0.553. The van der Waals surface area contributed by atoms with Crippen molar-refractivity contribution in [3.8, 4) is 0 Å². The van der Waals surface area contributed by atoms with Gasteiger partial charge in [0.25, 0.3) is 0 Å². The summed E-state index contributed by atoms with van der Waals surface area (Å²) >= 11 is 2.59. The van der Waals surface area contributed by atoms with E-state index < -0.39 is 0 Å². The average molecular weight is 239 g/mol. The Balaban J connectivity index is 2.51. The highest BCUT2D eigenvalue weighted by molar-refractivity contribution is 14.1. The second-order valence-electron chi connectivity index (χ2n) is 3.12. The Bertz CT molecular complexity index is 95.1. The molecule has 0 bridgehead atoms. The van der Waals surface area contributed by atoms with E-state index in [1.165, 1.54) is 19.5 Å². The molecule has 0 aromatic rings. The van der Waals surface area contributed by atoms with Gasteiger partial charge in [0.1, 0.15) is 0 Å². The van der Waals surface area contributed by atoms with Crippen molar-refractivity contribution in [2.24, 2.45) is 5.92 Å². The molecule has 0 spiro atoms. The minimum atomic E-state index is 0.553. The molecule has 0 aromatic heterocycles. The van der Waals surface area contributed by atoms with Crippen molar-refractivity contribution in [3.05, 3.63) is 0 Å². The maximum atomic E-state index is 3.39. The molecule has 9 heavy (non-hydrogen) atoms. The van der Waals surface area contributed by atoms with Crippen molar-refractivity contribution in [1.29, 1.82) is 0 Å². The molecular weight excluding hydrogens is 225 g/mol. The summed E-state index contributed by atoms with van der Waals surface area (Å²) in [5.41, 5.74) is 0. The van der Waals surface area contributed by atoms with Crippen LogP contribution in [0.15, 0.2) is 0 Å². The Hall–Kier alpha value is 0.690. The number of halogens is 1. The summed E-state index contributed by atoms with van der Waals surface area (Å²) in [6.07, 6.45) is 1.34. The summed E-state index contributed by atoms with van der Waals surface area (Å²) in [6.45, 7) is 7.02. The average Bonchev–Trinajstić information content (AvgIpc) is 2.16. The van der Waals surface area contributed by atoms with Crippen LogP contribution in [0.2, 0.25) is 0 Å². The number of rotatable bonds is 1. The first-order valence-electron chi connectivity index (χ1n) is 3.55. The molecule has 1 atom stereocenters. The van der Waals surface area contributed by atoms with Crippen LogP contribution in [0.4, 0.5) is 0 Å². The molecule has 0 aromatic carbocycles. The van der Waals surface area contributed by atoms with Gasteiger partial charge in [-0.3, -0.25) is 0 Å². The van der Waals surface area contributed by atoms with Crippen LogP contribution in [-0.4, -0.2) is 16.5 Å². The smallest absolute Gasteiger partial charge is 0.0381 e. The van der Waals surface area contributed by atoms with Crippen molar-refractivity contribution in [2.45, 2.75) is 23.7 Å². The zero-order valence-electron chi connectivity index (χ0n) is 6.08. The fourth-order valence-electron chi connectivity index (χ4n) is 1.17. The number of hydrogen-bond donors (Lipinski definition) is 1. The first-order valence-corrected chi connectivity index (χ1v) is 4.63. The van der Waals surface area contributed by atoms with Crippen molar-refractivity contribution in [1.82, 2.24) is 5.32 Å². The first-order chi connectivity index (χ1) is 4.15. The molecule has 1 rings (SSSR count). The van der Waals surface area contributed by atoms with Gasteiger partial charge in [-0.1, -0.05) is 36.4 Å². The van der Waals surface area contributed by atoms with Crippen LogP contribution in [0, 0.1) is 5.92 Å². The number of nitrogens with one attached hydrogen (secondary N) is 1. The molecule has 1 fully saturated rings. The van der Waals surface area contributed by atoms with Gasteiger partial charge in [-0.2, -0.15) is 0 Å². The van der Waals surface area contributed by atoms with Gasteiger partial charge in [0.05, 0.1) is 0 Å². The Morgan fingerprint density at radius 2 is 2.22 bits per heavy atom. The molecule has 1 nitrogen and oxygen atoms in total. The molecule has 1 unspecified atom stereocenters. The number of hydrogen-bond acceptors (Lipinski definition) is 1. The molecular formula is C7H14IN. The SMILES string of the molecule is CC(C)C1(I)CCNC1. The molecule has 1 N–H and O–H groups in total. The normalized spacial score (nSPS) is 36.0. The van der Waals surface area contributed by atoms with Gasteiger partial charge < -0.3 is 5.32 Å². The molecule has 2 heteroatoms. The monoisotopic (exact) mass is 239 g/mol. The highest BCUT2D eigenvalue weighted by Gasteiger charge is 2.33. The van der Waals surface area contributed by atoms with Gasteiger partial charge in [0.15, 0.2) is 0 Å². The first kappa shape index (κ1) is 7.79. The quantitative estimate of drug-likeness (QED) is 0.543. The third kappa shape index (κ3) is 1.58. The van der Waals surface area contributed by atoms with Gasteiger partial charge in [-0.15, -0.1) is 0 Å². The maximum absolute atomic E-state index is 3.39. The summed E-state index contributed by atoms with van der Waals surface area (Å²) in [6, 6.07) is 0. The van der Waals surface area contributed by atoms with Crippen LogP contribution in [0.5, 0.6) is 0 Å². The highest BCUT2D eigenvalue weighted by Crippen LogP contribution is 2.33. The van der Waals surface area contributed by atoms with Gasteiger partial charge in [0.2, 0.25) is 0 Å². The van der Waals surface area contributed by atoms with Crippen LogP contribution in [0.25, 0.3) is 0 Å². The van der Waals surface area contributed by atoms with E-state index in [2.05, 4.69) is 41.8 Å². The van der Waals surface area contributed by atoms with Gasteiger partial charge >= 0.3 is 0 Å². The third-order valence-electron chi connectivity index (χ3n) is 2.17. The molecule has 0 amide bonds. The Kier molecular flexibility index (Phi) is 2.37. The van der Waals surface area contributed by atoms with E-state index in [0.717, 1.165) is 5.92 Å². The second kappa shape index (κ2) is 2.74.